The number of rotatable bonds is 16. The van der Waals surface area contributed by atoms with Gasteiger partial charge in [0.25, 0.3) is 0 Å². The number of aromatic amines is 1. The molecule has 0 radical (unpaired) electrons. The number of nitrogens with zero attached hydrogens (tertiary/aromatic N) is 2. The lowest BCUT2D eigenvalue weighted by Crippen LogP contribution is -2.44. The zero-order chi connectivity index (χ0) is 35.2. The fourth-order valence-corrected chi connectivity index (χ4v) is 8.41. The summed E-state index contributed by atoms with van der Waals surface area (Å²) in [5.41, 5.74) is 3.72. The third kappa shape index (κ3) is 9.82. The lowest BCUT2D eigenvalue weighted by atomic mass is 10.0. The third-order valence-corrected chi connectivity index (χ3v) is 15.6. The molecule has 10 heteroatoms. The van der Waals surface area contributed by atoms with Gasteiger partial charge in [0.15, 0.2) is 8.32 Å². The van der Waals surface area contributed by atoms with E-state index >= 15 is 0 Å². The molecule has 3 atom stereocenters. The number of H-pyrrole nitrogens is 1. The van der Waals surface area contributed by atoms with Gasteiger partial charge in [-0.15, -0.1) is 0 Å². The first-order valence-corrected chi connectivity index (χ1v) is 21.1. The number of phenolic OH excluding ortho intramolecular Hbond substituents is 1. The van der Waals surface area contributed by atoms with Crippen LogP contribution in [0.2, 0.25) is 18.1 Å². The van der Waals surface area contributed by atoms with Gasteiger partial charge in [0.1, 0.15) is 5.75 Å². The van der Waals surface area contributed by atoms with Crippen molar-refractivity contribution in [1.82, 2.24) is 20.1 Å². The fraction of sp³-hybridized carbons (Fsp3) is 0.590. The summed E-state index contributed by atoms with van der Waals surface area (Å²) in [7, 11) is -0.346. The highest BCUT2D eigenvalue weighted by Crippen LogP contribution is 2.41. The summed E-state index contributed by atoms with van der Waals surface area (Å²) in [6, 6.07) is 15.6. The van der Waals surface area contributed by atoms with Gasteiger partial charge in [-0.3, -0.25) is 14.5 Å². The first kappa shape index (κ1) is 37.2. The van der Waals surface area contributed by atoms with Crippen LogP contribution in [0.5, 0.6) is 5.75 Å². The van der Waals surface area contributed by atoms with Gasteiger partial charge in [-0.2, -0.15) is 0 Å². The molecule has 9 nitrogen and oxygen atoms in total. The van der Waals surface area contributed by atoms with Crippen LogP contribution in [0.3, 0.4) is 0 Å². The van der Waals surface area contributed by atoms with Crippen LogP contribution < -0.4 is 10.9 Å². The molecule has 1 aliphatic heterocycles. The Balaban J connectivity index is 1.05. The predicted molar refractivity (Wildman–Crippen MR) is 199 cm³/mol. The van der Waals surface area contributed by atoms with Gasteiger partial charge in [0, 0.05) is 57.8 Å². The Kier molecular flexibility index (Phi) is 12.4. The number of carbonyl (C=O) groups is 1. The second-order valence-electron chi connectivity index (χ2n) is 15.7. The zero-order valence-corrected chi connectivity index (χ0v) is 31.5. The Hall–Kier alpha value is -3.02. The minimum absolute atomic E-state index is 0.00232. The van der Waals surface area contributed by atoms with Crippen molar-refractivity contribution >= 4 is 25.1 Å². The van der Waals surface area contributed by atoms with Gasteiger partial charge in [0.05, 0.1) is 31.3 Å². The lowest BCUT2D eigenvalue weighted by Gasteiger charge is -2.39. The maximum absolute atomic E-state index is 12.9. The molecule has 0 spiro atoms. The topological polar surface area (TPSA) is 107 Å². The van der Waals surface area contributed by atoms with Crippen LogP contribution in [0, 0.1) is 11.8 Å². The average Bonchev–Trinajstić information content (AvgIpc) is 3.64. The van der Waals surface area contributed by atoms with E-state index in [2.05, 4.69) is 73.3 Å². The summed E-state index contributed by atoms with van der Waals surface area (Å²) in [6.07, 6.45) is 5.13. The summed E-state index contributed by atoms with van der Waals surface area (Å²) < 4.78 is 12.8. The molecule has 2 heterocycles. The number of aromatic nitrogens is 1. The molecule has 1 saturated heterocycles. The highest BCUT2D eigenvalue weighted by molar-refractivity contribution is 6.74. The first-order valence-electron chi connectivity index (χ1n) is 18.2. The van der Waals surface area contributed by atoms with Crippen LogP contribution in [0.4, 0.5) is 0 Å². The number of amides is 1. The molecule has 2 aliphatic rings. The van der Waals surface area contributed by atoms with Gasteiger partial charge >= 0.3 is 0 Å². The Morgan fingerprint density at radius 1 is 1.08 bits per heavy atom. The number of carbonyl (C=O) groups excluding carboxylic acids is 1. The molecule has 1 saturated carbocycles. The molecule has 3 aromatic rings. The van der Waals surface area contributed by atoms with E-state index in [4.69, 9.17) is 9.16 Å². The van der Waals surface area contributed by atoms with Crippen molar-refractivity contribution in [1.29, 1.82) is 0 Å². The fourth-order valence-electron chi connectivity index (χ4n) is 7.14. The van der Waals surface area contributed by atoms with Gasteiger partial charge in [0.2, 0.25) is 11.5 Å². The summed E-state index contributed by atoms with van der Waals surface area (Å²) in [4.78, 5) is 32.0. The first-order chi connectivity index (χ1) is 23.3. The molecule has 2 aromatic carbocycles. The maximum Gasteiger partial charge on any atom is 0.248 e. The van der Waals surface area contributed by atoms with Crippen LogP contribution in [0.25, 0.3) is 10.9 Å². The van der Waals surface area contributed by atoms with Crippen LogP contribution in [0.1, 0.15) is 69.2 Å². The number of likely N-dealkylation sites (tertiary alicyclic amines) is 1. The second-order valence-corrected chi connectivity index (χ2v) is 20.5. The van der Waals surface area contributed by atoms with Crippen LogP contribution >= 0.6 is 0 Å². The minimum Gasteiger partial charge on any atom is -0.506 e. The number of hydrogen-bond donors (Lipinski definition) is 3. The molecule has 49 heavy (non-hydrogen) atoms. The zero-order valence-electron chi connectivity index (χ0n) is 30.5. The van der Waals surface area contributed by atoms with Crippen LogP contribution in [-0.4, -0.2) is 87.1 Å². The number of aromatic hydroxyl groups is 1. The molecule has 2 fully saturated rings. The number of phenols is 1. The monoisotopic (exact) mass is 690 g/mol. The van der Waals surface area contributed by atoms with E-state index in [-0.39, 0.29) is 28.4 Å². The van der Waals surface area contributed by atoms with Gasteiger partial charge in [-0.1, -0.05) is 57.5 Å². The Morgan fingerprint density at radius 3 is 2.55 bits per heavy atom. The molecule has 2 unspecified atom stereocenters. The number of fused-ring (bicyclic) bond motifs is 2. The molecular weight excluding hydrogens is 633 g/mol. The quantitative estimate of drug-likeness (QED) is 0.121. The molecular formula is C39H58N4O5Si. The third-order valence-electron chi connectivity index (χ3n) is 11.1. The summed E-state index contributed by atoms with van der Waals surface area (Å²) in [6.45, 7) is 17.3. The summed E-state index contributed by atoms with van der Waals surface area (Å²) in [5, 5.41) is 14.7. The number of likely N-dealkylation sites (N-methyl/N-ethyl adjacent to an activating group) is 1. The van der Waals surface area contributed by atoms with Crippen molar-refractivity contribution in [2.24, 2.45) is 11.8 Å². The Morgan fingerprint density at radius 2 is 1.82 bits per heavy atom. The van der Waals surface area contributed by atoms with E-state index in [1.54, 1.807) is 17.0 Å². The van der Waals surface area contributed by atoms with E-state index in [1.165, 1.54) is 49.5 Å². The molecule has 1 aromatic heterocycles. The van der Waals surface area contributed by atoms with Crippen LogP contribution in [-0.2, 0) is 26.9 Å². The lowest BCUT2D eigenvalue weighted by molar-refractivity contribution is -0.131. The summed E-state index contributed by atoms with van der Waals surface area (Å²) >= 11 is 0. The van der Waals surface area contributed by atoms with E-state index in [9.17, 15) is 14.7 Å². The Labute approximate surface area is 293 Å². The second kappa shape index (κ2) is 16.3. The molecule has 268 valence electrons. The molecule has 1 amide bonds. The number of hydrogen-bond acceptors (Lipinski definition) is 7. The van der Waals surface area contributed by atoms with Crippen molar-refractivity contribution in [2.75, 3.05) is 53.0 Å². The number of benzene rings is 2. The average molecular weight is 691 g/mol. The predicted octanol–water partition coefficient (Wildman–Crippen LogP) is 6.23. The molecule has 3 N–H and O–H groups in total. The number of ether oxygens (including phenoxy) is 1. The molecule has 1 aliphatic carbocycles. The van der Waals surface area contributed by atoms with E-state index in [0.717, 1.165) is 35.8 Å². The highest BCUT2D eigenvalue weighted by atomic mass is 28.4. The normalized spacial score (nSPS) is 19.0. The van der Waals surface area contributed by atoms with Gasteiger partial charge in [-0.25, -0.2) is 0 Å². The van der Waals surface area contributed by atoms with Gasteiger partial charge in [-0.05, 0) is 78.1 Å². The van der Waals surface area contributed by atoms with Crippen molar-refractivity contribution in [3.8, 4) is 5.75 Å². The van der Waals surface area contributed by atoms with Crippen molar-refractivity contribution in [3.05, 3.63) is 75.6 Å². The maximum atomic E-state index is 12.9. The highest BCUT2D eigenvalue weighted by Gasteiger charge is 2.40. The standard InChI is InChI=1S/C39H58N4O5Si/c1-39(2,3)49(5,6)48-35(32-13-15-34(44)38-33(32)14-16-36(45)41-38)24-40-19-20-42(4)37(46)18-22-47-21-17-28-9-7-10-29(23-28)25-43-26-30-11-8-12-31(30)27-43/h7,9-10,13-16,23,30-31,35,40,44H,8,11-12,17-22,24-27H2,1-6H3,(H,41,45)/t30?,31?,35-/m0/s1. The minimum atomic E-state index is -2.18. The largest absolute Gasteiger partial charge is 0.506 e. The van der Waals surface area contributed by atoms with Gasteiger partial charge < -0.3 is 29.5 Å². The van der Waals surface area contributed by atoms with Crippen molar-refractivity contribution in [2.45, 2.75) is 83.7 Å². The number of pyridine rings is 1. The van der Waals surface area contributed by atoms with E-state index in [0.29, 0.717) is 44.8 Å². The van der Waals surface area contributed by atoms with Crippen LogP contribution in [0.15, 0.2) is 53.3 Å². The summed E-state index contributed by atoms with van der Waals surface area (Å²) in [5.74, 6) is 1.92. The van der Waals surface area contributed by atoms with Crippen molar-refractivity contribution in [3.63, 3.8) is 0 Å². The van der Waals surface area contributed by atoms with E-state index < -0.39 is 8.32 Å². The SMILES string of the molecule is CN(CCNC[C@H](O[Si](C)(C)C(C)(C)C)c1ccc(O)c2[nH]c(=O)ccc12)C(=O)CCOCCc1cccc(CN2CC3CCCC3C2)c1. The van der Waals surface area contributed by atoms with E-state index in [1.807, 2.05) is 13.1 Å². The Bertz CT molecular complexity index is 1610. The molecule has 0 bridgehead atoms. The molecule has 5 rings (SSSR count). The number of nitrogens with one attached hydrogen (secondary N) is 2. The van der Waals surface area contributed by atoms with Crippen molar-refractivity contribution < 1.29 is 19.1 Å². The smallest absolute Gasteiger partial charge is 0.248 e.